The van der Waals surface area contributed by atoms with Crippen molar-refractivity contribution in [3.05, 3.63) is 35.6 Å². The molecule has 0 atom stereocenters. The summed E-state index contributed by atoms with van der Waals surface area (Å²) in [5.74, 6) is -0.176. The number of hydrogen-bond acceptors (Lipinski definition) is 2. The molecule has 1 aromatic rings. The van der Waals surface area contributed by atoms with Crippen LogP contribution in [0.3, 0.4) is 0 Å². The fourth-order valence-corrected chi connectivity index (χ4v) is 2.80. The third-order valence-electron chi connectivity index (χ3n) is 4.18. The van der Waals surface area contributed by atoms with Gasteiger partial charge in [-0.25, -0.2) is 4.39 Å². The van der Waals surface area contributed by atoms with Crippen LogP contribution < -0.4 is 5.32 Å². The van der Waals surface area contributed by atoms with E-state index in [2.05, 4.69) is 18.3 Å². The Morgan fingerprint density at radius 2 is 2.16 bits per heavy atom. The van der Waals surface area contributed by atoms with E-state index in [0.717, 1.165) is 37.8 Å². The van der Waals surface area contributed by atoms with Crippen molar-refractivity contribution in [3.63, 3.8) is 0 Å². The van der Waals surface area contributed by atoms with E-state index in [-0.39, 0.29) is 11.2 Å². The molecule has 0 aliphatic heterocycles. The van der Waals surface area contributed by atoms with Gasteiger partial charge < -0.3 is 5.32 Å². The predicted octanol–water partition coefficient (Wildman–Crippen LogP) is 3.78. The van der Waals surface area contributed by atoms with Gasteiger partial charge in [-0.05, 0) is 48.8 Å². The summed E-state index contributed by atoms with van der Waals surface area (Å²) >= 11 is 0. The van der Waals surface area contributed by atoms with Crippen molar-refractivity contribution in [1.29, 1.82) is 5.26 Å². The lowest BCUT2D eigenvalue weighted by Gasteiger charge is -2.36. The molecule has 1 saturated carbocycles. The molecule has 1 aliphatic rings. The molecule has 0 bridgehead atoms. The van der Waals surface area contributed by atoms with E-state index >= 15 is 0 Å². The van der Waals surface area contributed by atoms with E-state index in [4.69, 9.17) is 5.26 Å². The standard InChI is InChI=1S/C16H21FN2/c1-16(9-10-18)7-5-15(6-8-16)19-12-13-3-2-4-14(17)11-13/h2-4,11,15,19H,5-9,12H2,1H3/t15-,16+. The summed E-state index contributed by atoms with van der Waals surface area (Å²) in [6.07, 6.45) is 5.06. The highest BCUT2D eigenvalue weighted by molar-refractivity contribution is 5.16. The molecule has 1 fully saturated rings. The molecule has 1 aromatic carbocycles. The van der Waals surface area contributed by atoms with Gasteiger partial charge in [0, 0.05) is 19.0 Å². The minimum atomic E-state index is -0.176. The second-order valence-electron chi connectivity index (χ2n) is 5.93. The third-order valence-corrected chi connectivity index (χ3v) is 4.18. The zero-order valence-electron chi connectivity index (χ0n) is 11.5. The average molecular weight is 260 g/mol. The summed E-state index contributed by atoms with van der Waals surface area (Å²) in [5, 5.41) is 12.3. The third kappa shape index (κ3) is 4.04. The van der Waals surface area contributed by atoms with E-state index in [9.17, 15) is 4.39 Å². The highest BCUT2D eigenvalue weighted by Gasteiger charge is 2.30. The Labute approximate surface area is 114 Å². The molecule has 19 heavy (non-hydrogen) atoms. The van der Waals surface area contributed by atoms with Gasteiger partial charge in [0.2, 0.25) is 0 Å². The van der Waals surface area contributed by atoms with Gasteiger partial charge in [-0.15, -0.1) is 0 Å². The van der Waals surface area contributed by atoms with Crippen LogP contribution in [0.2, 0.25) is 0 Å². The van der Waals surface area contributed by atoms with Gasteiger partial charge in [0.25, 0.3) is 0 Å². The van der Waals surface area contributed by atoms with Crippen LogP contribution in [0.4, 0.5) is 4.39 Å². The Kier molecular flexibility index (Phi) is 4.55. The van der Waals surface area contributed by atoms with Crippen LogP contribution in [0.5, 0.6) is 0 Å². The van der Waals surface area contributed by atoms with Crippen molar-refractivity contribution in [2.75, 3.05) is 0 Å². The highest BCUT2D eigenvalue weighted by Crippen LogP contribution is 2.38. The molecule has 0 aromatic heterocycles. The van der Waals surface area contributed by atoms with Gasteiger partial charge in [-0.2, -0.15) is 5.26 Å². The van der Waals surface area contributed by atoms with Crippen LogP contribution in [0.15, 0.2) is 24.3 Å². The van der Waals surface area contributed by atoms with Crippen molar-refractivity contribution >= 4 is 0 Å². The number of hydrogen-bond donors (Lipinski definition) is 1. The molecule has 102 valence electrons. The Balaban J connectivity index is 1.79. The fourth-order valence-electron chi connectivity index (χ4n) is 2.80. The number of nitriles is 1. The Bertz CT molecular complexity index is 456. The summed E-state index contributed by atoms with van der Waals surface area (Å²) in [7, 11) is 0. The maximum absolute atomic E-state index is 13.1. The second-order valence-corrected chi connectivity index (χ2v) is 5.93. The van der Waals surface area contributed by atoms with E-state index in [1.54, 1.807) is 12.1 Å². The van der Waals surface area contributed by atoms with Crippen LogP contribution >= 0.6 is 0 Å². The normalized spacial score (nSPS) is 26.9. The van der Waals surface area contributed by atoms with Gasteiger partial charge in [0.1, 0.15) is 5.82 Å². The molecule has 0 heterocycles. The van der Waals surface area contributed by atoms with E-state index in [0.29, 0.717) is 12.5 Å². The lowest BCUT2D eigenvalue weighted by Crippen LogP contribution is -2.36. The molecule has 0 saturated heterocycles. The maximum atomic E-state index is 13.1. The van der Waals surface area contributed by atoms with Crippen LogP contribution in [0, 0.1) is 22.6 Å². The van der Waals surface area contributed by atoms with Gasteiger partial charge in [0.15, 0.2) is 0 Å². The molecule has 1 aliphatic carbocycles. The lowest BCUT2D eigenvalue weighted by atomic mass is 9.72. The average Bonchev–Trinajstić information content (AvgIpc) is 2.38. The first-order valence-electron chi connectivity index (χ1n) is 6.96. The molecule has 0 radical (unpaired) electrons. The first-order valence-corrected chi connectivity index (χ1v) is 6.96. The first kappa shape index (κ1) is 14.0. The van der Waals surface area contributed by atoms with Crippen molar-refractivity contribution in [2.24, 2.45) is 5.41 Å². The van der Waals surface area contributed by atoms with Gasteiger partial charge in [0.05, 0.1) is 6.07 Å². The Morgan fingerprint density at radius 1 is 1.42 bits per heavy atom. The summed E-state index contributed by atoms with van der Waals surface area (Å²) < 4.78 is 13.1. The molecule has 3 heteroatoms. The van der Waals surface area contributed by atoms with Crippen molar-refractivity contribution in [1.82, 2.24) is 5.32 Å². The van der Waals surface area contributed by atoms with Crippen LogP contribution in [0.25, 0.3) is 0 Å². The largest absolute Gasteiger partial charge is 0.310 e. The quantitative estimate of drug-likeness (QED) is 0.894. The highest BCUT2D eigenvalue weighted by atomic mass is 19.1. The van der Waals surface area contributed by atoms with E-state index < -0.39 is 0 Å². The molecule has 0 spiro atoms. The number of benzene rings is 1. The molecular weight excluding hydrogens is 239 g/mol. The van der Waals surface area contributed by atoms with Gasteiger partial charge in [-0.1, -0.05) is 19.1 Å². The monoisotopic (exact) mass is 260 g/mol. The van der Waals surface area contributed by atoms with Crippen molar-refractivity contribution in [2.45, 2.75) is 51.6 Å². The van der Waals surface area contributed by atoms with Gasteiger partial charge in [-0.3, -0.25) is 0 Å². The predicted molar refractivity (Wildman–Crippen MR) is 73.8 cm³/mol. The van der Waals surface area contributed by atoms with Gasteiger partial charge >= 0.3 is 0 Å². The molecular formula is C16H21FN2. The van der Waals surface area contributed by atoms with E-state index in [1.165, 1.54) is 6.07 Å². The number of rotatable bonds is 4. The van der Waals surface area contributed by atoms with Crippen molar-refractivity contribution in [3.8, 4) is 6.07 Å². The minimum Gasteiger partial charge on any atom is -0.310 e. The summed E-state index contributed by atoms with van der Waals surface area (Å²) in [5.41, 5.74) is 1.19. The molecule has 2 nitrogen and oxygen atoms in total. The topological polar surface area (TPSA) is 35.8 Å². The zero-order chi connectivity index (χ0) is 13.7. The maximum Gasteiger partial charge on any atom is 0.123 e. The first-order chi connectivity index (χ1) is 9.11. The lowest BCUT2D eigenvalue weighted by molar-refractivity contribution is 0.188. The summed E-state index contributed by atoms with van der Waals surface area (Å²) in [6.45, 7) is 2.93. The summed E-state index contributed by atoms with van der Waals surface area (Å²) in [6, 6.07) is 9.53. The summed E-state index contributed by atoms with van der Waals surface area (Å²) in [4.78, 5) is 0. The Hall–Kier alpha value is -1.40. The zero-order valence-corrected chi connectivity index (χ0v) is 11.5. The molecule has 2 rings (SSSR count). The molecule has 1 N–H and O–H groups in total. The smallest absolute Gasteiger partial charge is 0.123 e. The number of halogens is 1. The molecule has 0 unspecified atom stereocenters. The molecule has 0 amide bonds. The van der Waals surface area contributed by atoms with E-state index in [1.807, 2.05) is 6.07 Å². The second kappa shape index (κ2) is 6.16. The van der Waals surface area contributed by atoms with Crippen LogP contribution in [-0.2, 0) is 6.54 Å². The number of nitrogens with zero attached hydrogens (tertiary/aromatic N) is 1. The van der Waals surface area contributed by atoms with Crippen molar-refractivity contribution < 1.29 is 4.39 Å². The Morgan fingerprint density at radius 3 is 2.79 bits per heavy atom. The SMILES string of the molecule is C[C@]1(CC#N)CC[C@@H](NCc2cccc(F)c2)CC1. The fraction of sp³-hybridized carbons (Fsp3) is 0.562. The number of nitrogens with one attached hydrogen (secondary N) is 1. The van der Waals surface area contributed by atoms with Crippen LogP contribution in [-0.4, -0.2) is 6.04 Å². The van der Waals surface area contributed by atoms with Crippen LogP contribution in [0.1, 0.15) is 44.6 Å². The minimum absolute atomic E-state index is 0.176.